The number of hydrogen-bond acceptors (Lipinski definition) is 3. The second-order valence-electron chi connectivity index (χ2n) is 5.96. The molecule has 5 nitrogen and oxygen atoms in total. The zero-order valence-electron chi connectivity index (χ0n) is 13.2. The van der Waals surface area contributed by atoms with Crippen LogP contribution < -0.4 is 10.1 Å². The molecular weight excluding hydrogens is 278 g/mol. The molecule has 1 aromatic carbocycles. The molecule has 0 radical (unpaired) electrons. The van der Waals surface area contributed by atoms with E-state index in [9.17, 15) is 5.11 Å². The maximum atomic E-state index is 9.72. The van der Waals surface area contributed by atoms with Gasteiger partial charge < -0.3 is 20.1 Å². The van der Waals surface area contributed by atoms with Gasteiger partial charge in [0.15, 0.2) is 5.96 Å². The first-order valence-electron chi connectivity index (χ1n) is 8.21. The first-order chi connectivity index (χ1) is 10.8. The van der Waals surface area contributed by atoms with Gasteiger partial charge in [-0.15, -0.1) is 0 Å². The summed E-state index contributed by atoms with van der Waals surface area (Å²) in [5.74, 6) is 2.32. The Morgan fingerprint density at radius 3 is 3.05 bits per heavy atom. The van der Waals surface area contributed by atoms with Gasteiger partial charge in [0.2, 0.25) is 0 Å². The lowest BCUT2D eigenvalue weighted by Crippen LogP contribution is -2.40. The minimum Gasteiger partial charge on any atom is -0.493 e. The van der Waals surface area contributed by atoms with Crippen molar-refractivity contribution in [2.75, 3.05) is 32.8 Å². The second-order valence-corrected chi connectivity index (χ2v) is 5.96. The Labute approximate surface area is 132 Å². The SMILES string of the molecule is CCNC(=NCC1CCOc2ccccc21)N1CC[C@@H](O)C1. The molecule has 2 atom stereocenters. The quantitative estimate of drug-likeness (QED) is 0.657. The Balaban J connectivity index is 1.71. The van der Waals surface area contributed by atoms with Crippen LogP contribution in [0.1, 0.15) is 31.2 Å². The summed E-state index contributed by atoms with van der Waals surface area (Å²) in [6.45, 7) is 5.99. The molecule has 1 aromatic rings. The van der Waals surface area contributed by atoms with Gasteiger partial charge in [0.1, 0.15) is 5.75 Å². The van der Waals surface area contributed by atoms with Gasteiger partial charge in [-0.3, -0.25) is 4.99 Å². The number of ether oxygens (including phenoxy) is 1. The Morgan fingerprint density at radius 2 is 2.27 bits per heavy atom. The number of guanidine groups is 1. The van der Waals surface area contributed by atoms with Gasteiger partial charge in [-0.1, -0.05) is 18.2 Å². The van der Waals surface area contributed by atoms with Crippen LogP contribution in [0.15, 0.2) is 29.3 Å². The number of hydrogen-bond donors (Lipinski definition) is 2. The van der Waals surface area contributed by atoms with Crippen molar-refractivity contribution >= 4 is 5.96 Å². The number of aliphatic imine (C=N–C) groups is 1. The zero-order valence-corrected chi connectivity index (χ0v) is 13.2. The van der Waals surface area contributed by atoms with E-state index < -0.39 is 0 Å². The number of likely N-dealkylation sites (tertiary alicyclic amines) is 1. The first kappa shape index (κ1) is 15.2. The topological polar surface area (TPSA) is 57.1 Å². The van der Waals surface area contributed by atoms with Crippen molar-refractivity contribution in [1.82, 2.24) is 10.2 Å². The summed E-state index contributed by atoms with van der Waals surface area (Å²) >= 11 is 0. The third-order valence-corrected chi connectivity index (χ3v) is 4.34. The third-order valence-electron chi connectivity index (χ3n) is 4.34. The van der Waals surface area contributed by atoms with Crippen LogP contribution in [0.3, 0.4) is 0 Å². The fraction of sp³-hybridized carbons (Fsp3) is 0.588. The molecule has 0 spiro atoms. The summed E-state index contributed by atoms with van der Waals surface area (Å²) < 4.78 is 5.71. The summed E-state index contributed by atoms with van der Waals surface area (Å²) in [6.07, 6.45) is 1.60. The van der Waals surface area contributed by atoms with Gasteiger partial charge >= 0.3 is 0 Å². The lowest BCUT2D eigenvalue weighted by Gasteiger charge is -2.26. The number of aliphatic hydroxyl groups is 1. The van der Waals surface area contributed by atoms with Crippen molar-refractivity contribution in [2.45, 2.75) is 31.8 Å². The van der Waals surface area contributed by atoms with Gasteiger partial charge in [0, 0.05) is 32.1 Å². The highest BCUT2D eigenvalue weighted by Gasteiger charge is 2.24. The molecule has 0 saturated carbocycles. The van der Waals surface area contributed by atoms with E-state index in [0.29, 0.717) is 12.5 Å². The number of benzene rings is 1. The van der Waals surface area contributed by atoms with Crippen molar-refractivity contribution in [3.05, 3.63) is 29.8 Å². The van der Waals surface area contributed by atoms with Gasteiger partial charge in [0.25, 0.3) is 0 Å². The second kappa shape index (κ2) is 7.01. The summed E-state index contributed by atoms with van der Waals surface area (Å²) in [6, 6.07) is 8.25. The first-order valence-corrected chi connectivity index (χ1v) is 8.21. The molecule has 2 heterocycles. The predicted octanol–water partition coefficient (Wildman–Crippen LogP) is 1.58. The molecule has 1 fully saturated rings. The average molecular weight is 303 g/mol. The van der Waals surface area contributed by atoms with Crippen LogP contribution in [-0.2, 0) is 0 Å². The van der Waals surface area contributed by atoms with Crippen molar-refractivity contribution in [3.63, 3.8) is 0 Å². The van der Waals surface area contributed by atoms with Crippen LogP contribution in [0.2, 0.25) is 0 Å². The molecule has 1 saturated heterocycles. The molecule has 1 unspecified atom stereocenters. The van der Waals surface area contributed by atoms with Crippen LogP contribution >= 0.6 is 0 Å². The minimum atomic E-state index is -0.229. The lowest BCUT2D eigenvalue weighted by molar-refractivity contribution is 0.187. The summed E-state index contributed by atoms with van der Waals surface area (Å²) in [5.41, 5.74) is 1.26. The fourth-order valence-corrected chi connectivity index (χ4v) is 3.16. The highest BCUT2D eigenvalue weighted by atomic mass is 16.5. The van der Waals surface area contributed by atoms with Crippen LogP contribution in [0.25, 0.3) is 0 Å². The maximum Gasteiger partial charge on any atom is 0.194 e. The highest BCUT2D eigenvalue weighted by Crippen LogP contribution is 2.33. The van der Waals surface area contributed by atoms with E-state index in [2.05, 4.69) is 29.3 Å². The lowest BCUT2D eigenvalue weighted by atomic mass is 9.93. The molecule has 5 heteroatoms. The predicted molar refractivity (Wildman–Crippen MR) is 87.5 cm³/mol. The fourth-order valence-electron chi connectivity index (χ4n) is 3.16. The normalized spacial score (nSPS) is 24.8. The molecule has 0 amide bonds. The Kier molecular flexibility index (Phi) is 4.83. The Bertz CT molecular complexity index is 532. The van der Waals surface area contributed by atoms with Crippen LogP contribution in [0, 0.1) is 0 Å². The molecule has 2 aliphatic heterocycles. The number of rotatable bonds is 3. The minimum absolute atomic E-state index is 0.229. The number of nitrogens with one attached hydrogen (secondary N) is 1. The Hall–Kier alpha value is -1.75. The van der Waals surface area contributed by atoms with Crippen LogP contribution in [-0.4, -0.2) is 54.9 Å². The largest absolute Gasteiger partial charge is 0.493 e. The van der Waals surface area contributed by atoms with Crippen molar-refractivity contribution in [3.8, 4) is 5.75 Å². The number of nitrogens with zero attached hydrogens (tertiary/aromatic N) is 2. The van der Waals surface area contributed by atoms with E-state index in [-0.39, 0.29) is 6.10 Å². The van der Waals surface area contributed by atoms with Crippen molar-refractivity contribution in [2.24, 2.45) is 4.99 Å². The van der Waals surface area contributed by atoms with Crippen LogP contribution in [0.4, 0.5) is 0 Å². The Morgan fingerprint density at radius 1 is 1.41 bits per heavy atom. The molecule has 0 bridgehead atoms. The average Bonchev–Trinajstić information content (AvgIpc) is 2.98. The van der Waals surface area contributed by atoms with Gasteiger partial charge in [-0.2, -0.15) is 0 Å². The van der Waals surface area contributed by atoms with E-state index in [1.807, 2.05) is 12.1 Å². The zero-order chi connectivity index (χ0) is 15.4. The number of β-amino-alcohol motifs (C(OH)–C–C–N with tert-alkyl or cyclic N) is 1. The molecule has 2 aliphatic rings. The van der Waals surface area contributed by atoms with E-state index in [0.717, 1.165) is 50.8 Å². The highest BCUT2D eigenvalue weighted by molar-refractivity contribution is 5.80. The molecule has 0 aromatic heterocycles. The van der Waals surface area contributed by atoms with Gasteiger partial charge in [0.05, 0.1) is 12.7 Å². The van der Waals surface area contributed by atoms with Crippen molar-refractivity contribution in [1.29, 1.82) is 0 Å². The standard InChI is InChI=1S/C17H25N3O2/c1-2-18-17(20-9-7-14(21)12-20)19-11-13-8-10-22-16-6-4-3-5-15(13)16/h3-6,13-14,21H,2,7-12H2,1H3,(H,18,19)/t13?,14-/m1/s1. The monoisotopic (exact) mass is 303 g/mol. The summed E-state index contributed by atoms with van der Waals surface area (Å²) in [5, 5.41) is 13.1. The molecular formula is C17H25N3O2. The van der Waals surface area contributed by atoms with Gasteiger partial charge in [-0.05, 0) is 31.4 Å². The van der Waals surface area contributed by atoms with E-state index in [4.69, 9.17) is 9.73 Å². The molecule has 2 N–H and O–H groups in total. The van der Waals surface area contributed by atoms with E-state index in [1.165, 1.54) is 5.56 Å². The summed E-state index contributed by atoms with van der Waals surface area (Å²) in [4.78, 5) is 6.97. The number of fused-ring (bicyclic) bond motifs is 1. The van der Waals surface area contributed by atoms with E-state index >= 15 is 0 Å². The molecule has 3 rings (SSSR count). The maximum absolute atomic E-state index is 9.72. The number of para-hydroxylation sites is 1. The van der Waals surface area contributed by atoms with Gasteiger partial charge in [-0.25, -0.2) is 0 Å². The smallest absolute Gasteiger partial charge is 0.194 e. The third kappa shape index (κ3) is 3.35. The van der Waals surface area contributed by atoms with Crippen LogP contribution in [0.5, 0.6) is 5.75 Å². The molecule has 22 heavy (non-hydrogen) atoms. The summed E-state index contributed by atoms with van der Waals surface area (Å²) in [7, 11) is 0. The molecule has 0 aliphatic carbocycles. The van der Waals surface area contributed by atoms with E-state index in [1.54, 1.807) is 0 Å². The molecule has 120 valence electrons. The van der Waals surface area contributed by atoms with Crippen molar-refractivity contribution < 1.29 is 9.84 Å². The number of aliphatic hydroxyl groups excluding tert-OH is 1.